The lowest BCUT2D eigenvalue weighted by atomic mass is 9.96. The number of halogens is 1. The fraction of sp³-hybridized carbons (Fsp3) is 0.0909. The minimum absolute atomic E-state index is 0.0844. The van der Waals surface area contributed by atoms with Crippen molar-refractivity contribution in [3.05, 3.63) is 95.6 Å². The monoisotopic (exact) mass is 389 g/mol. The first-order valence-corrected chi connectivity index (χ1v) is 9.03. The Kier molecular flexibility index (Phi) is 4.74. The van der Waals surface area contributed by atoms with Crippen LogP contribution in [-0.2, 0) is 5.66 Å². The van der Waals surface area contributed by atoms with Crippen LogP contribution in [0.15, 0.2) is 77.9 Å². The molecule has 6 nitrogen and oxygen atoms in total. The molecule has 5 N–H and O–H groups in total. The fourth-order valence-corrected chi connectivity index (χ4v) is 3.12. The summed E-state index contributed by atoms with van der Waals surface area (Å²) in [5.41, 5.74) is 14.0. The van der Waals surface area contributed by atoms with Crippen molar-refractivity contribution < 1.29 is 9.13 Å². The highest BCUT2D eigenvalue weighted by Crippen LogP contribution is 2.32. The number of hydrogen-bond acceptors (Lipinski definition) is 6. The third-order valence-electron chi connectivity index (χ3n) is 4.51. The molecule has 1 atom stereocenters. The molecule has 0 aliphatic carbocycles. The molecule has 3 aromatic rings. The molecule has 0 amide bonds. The van der Waals surface area contributed by atoms with Gasteiger partial charge in [0, 0.05) is 29.2 Å². The molecule has 0 fully saturated rings. The number of hydrogen-bond donors (Lipinski definition) is 3. The predicted molar refractivity (Wildman–Crippen MR) is 110 cm³/mol. The Hall–Kier alpha value is -3.71. The highest BCUT2D eigenvalue weighted by molar-refractivity contribution is 5.90. The number of nitrogens with zero attached hydrogens (tertiary/aromatic N) is 2. The molecule has 29 heavy (non-hydrogen) atoms. The molecule has 1 unspecified atom stereocenters. The Labute approximate surface area is 167 Å². The van der Waals surface area contributed by atoms with Gasteiger partial charge in [0.25, 0.3) is 0 Å². The van der Waals surface area contributed by atoms with Gasteiger partial charge in [-0.2, -0.15) is 0 Å². The maximum absolute atomic E-state index is 14.8. The van der Waals surface area contributed by atoms with Crippen LogP contribution in [0.5, 0.6) is 11.5 Å². The van der Waals surface area contributed by atoms with Crippen molar-refractivity contribution in [3.63, 3.8) is 0 Å². The van der Waals surface area contributed by atoms with E-state index in [0.29, 0.717) is 17.0 Å². The van der Waals surface area contributed by atoms with Crippen LogP contribution in [0.1, 0.15) is 16.8 Å². The van der Waals surface area contributed by atoms with Crippen LogP contribution >= 0.6 is 0 Å². The number of nitrogens with two attached hydrogens (primary N) is 2. The zero-order chi connectivity index (χ0) is 20.4. The first-order chi connectivity index (χ1) is 13.9. The molecule has 1 aromatic heterocycles. The molecular weight excluding hydrogens is 369 g/mol. The molecule has 7 heteroatoms. The van der Waals surface area contributed by atoms with Crippen molar-refractivity contribution in [3.8, 4) is 11.5 Å². The summed E-state index contributed by atoms with van der Waals surface area (Å²) in [5.74, 6) is 0.189. The number of aryl methyl sites for hydroxylation is 1. The minimum atomic E-state index is -1.31. The van der Waals surface area contributed by atoms with Gasteiger partial charge in [0.15, 0.2) is 23.2 Å². The Morgan fingerprint density at radius 2 is 1.86 bits per heavy atom. The summed E-state index contributed by atoms with van der Waals surface area (Å²) in [7, 11) is 0. The van der Waals surface area contributed by atoms with Crippen LogP contribution < -0.4 is 21.5 Å². The van der Waals surface area contributed by atoms with Crippen molar-refractivity contribution in [2.45, 2.75) is 12.6 Å². The summed E-state index contributed by atoms with van der Waals surface area (Å²) in [6.07, 6.45) is 3.33. The van der Waals surface area contributed by atoms with Gasteiger partial charge in [-0.1, -0.05) is 36.4 Å². The van der Waals surface area contributed by atoms with E-state index in [1.165, 1.54) is 12.1 Å². The second kappa shape index (κ2) is 7.37. The number of guanidine groups is 1. The van der Waals surface area contributed by atoms with Gasteiger partial charge in [0.1, 0.15) is 5.75 Å². The Bertz CT molecular complexity index is 1110. The number of benzene rings is 2. The van der Waals surface area contributed by atoms with E-state index in [-0.39, 0.29) is 11.7 Å². The zero-order valence-corrected chi connectivity index (χ0v) is 15.8. The summed E-state index contributed by atoms with van der Waals surface area (Å²) in [4.78, 5) is 8.39. The molecule has 2 heterocycles. The van der Waals surface area contributed by atoms with Crippen molar-refractivity contribution in [2.75, 3.05) is 0 Å². The maximum atomic E-state index is 14.8. The Morgan fingerprint density at radius 3 is 2.59 bits per heavy atom. The van der Waals surface area contributed by atoms with Crippen LogP contribution in [0.2, 0.25) is 0 Å². The summed E-state index contributed by atoms with van der Waals surface area (Å²) < 4.78 is 20.4. The van der Waals surface area contributed by atoms with Gasteiger partial charge < -0.3 is 15.8 Å². The normalized spacial score (nSPS) is 18.4. The predicted octanol–water partition coefficient (Wildman–Crippen LogP) is 3.39. The van der Waals surface area contributed by atoms with E-state index >= 15 is 0 Å². The average molecular weight is 389 g/mol. The average Bonchev–Trinajstić information content (AvgIpc) is 2.69. The second-order valence-electron chi connectivity index (χ2n) is 6.75. The third-order valence-corrected chi connectivity index (χ3v) is 4.51. The lowest BCUT2D eigenvalue weighted by molar-refractivity contribution is 0.438. The number of rotatable bonds is 4. The highest BCUT2D eigenvalue weighted by atomic mass is 19.1. The fourth-order valence-electron chi connectivity index (χ4n) is 3.12. The number of aliphatic imine (C=N–C) groups is 1. The lowest BCUT2D eigenvalue weighted by Crippen LogP contribution is -2.44. The van der Waals surface area contributed by atoms with E-state index in [1.54, 1.807) is 30.5 Å². The molecule has 0 spiro atoms. The van der Waals surface area contributed by atoms with E-state index < -0.39 is 11.5 Å². The standard InChI is InChI=1S/C22H20FN5O/c1-14-11-17(9-10-26-14)29-20-8-7-16(12-18(20)23)22(25)13-19(27-21(24)28-22)15-5-3-2-4-6-15/h2-13H,25H2,1H3,(H3,24,27,28). The molecule has 0 saturated heterocycles. The van der Waals surface area contributed by atoms with E-state index in [0.717, 1.165) is 11.3 Å². The van der Waals surface area contributed by atoms with E-state index in [9.17, 15) is 4.39 Å². The highest BCUT2D eigenvalue weighted by Gasteiger charge is 2.30. The number of aromatic nitrogens is 1. The van der Waals surface area contributed by atoms with Crippen LogP contribution in [0.4, 0.5) is 4.39 Å². The molecule has 1 aliphatic rings. The molecule has 146 valence electrons. The quantitative estimate of drug-likeness (QED) is 0.635. The summed E-state index contributed by atoms with van der Waals surface area (Å²) in [6, 6.07) is 17.5. The number of ether oxygens (including phenoxy) is 1. The van der Waals surface area contributed by atoms with Crippen LogP contribution in [0.3, 0.4) is 0 Å². The van der Waals surface area contributed by atoms with Crippen molar-refractivity contribution >= 4 is 11.7 Å². The van der Waals surface area contributed by atoms with Crippen molar-refractivity contribution in [1.29, 1.82) is 0 Å². The minimum Gasteiger partial charge on any atom is -0.454 e. The summed E-state index contributed by atoms with van der Waals surface area (Å²) in [5, 5.41) is 3.01. The van der Waals surface area contributed by atoms with Crippen LogP contribution in [-0.4, -0.2) is 10.9 Å². The molecule has 0 bridgehead atoms. The number of nitrogens with one attached hydrogen (secondary N) is 1. The van der Waals surface area contributed by atoms with E-state index in [2.05, 4.69) is 15.3 Å². The van der Waals surface area contributed by atoms with Gasteiger partial charge >= 0.3 is 0 Å². The van der Waals surface area contributed by atoms with Gasteiger partial charge in [-0.15, -0.1) is 0 Å². The molecule has 4 rings (SSSR count). The van der Waals surface area contributed by atoms with Crippen molar-refractivity contribution in [1.82, 2.24) is 10.3 Å². The van der Waals surface area contributed by atoms with Crippen LogP contribution in [0.25, 0.3) is 5.70 Å². The van der Waals surface area contributed by atoms with Gasteiger partial charge in [-0.3, -0.25) is 10.7 Å². The summed E-state index contributed by atoms with van der Waals surface area (Å²) >= 11 is 0. The SMILES string of the molecule is Cc1cc(Oc2ccc(C3(N)C=C(c4ccccc4)NC(N)=N3)cc2F)ccn1. The third kappa shape index (κ3) is 3.95. The molecule has 0 saturated carbocycles. The molecular formula is C22H20FN5O. The molecule has 1 aliphatic heterocycles. The number of pyridine rings is 1. The Balaban J connectivity index is 1.67. The maximum Gasteiger partial charge on any atom is 0.195 e. The summed E-state index contributed by atoms with van der Waals surface area (Å²) in [6.45, 7) is 1.83. The van der Waals surface area contributed by atoms with E-state index in [1.807, 2.05) is 37.3 Å². The van der Waals surface area contributed by atoms with Gasteiger partial charge in [-0.05, 0) is 36.8 Å². The van der Waals surface area contributed by atoms with Gasteiger partial charge in [0.2, 0.25) is 0 Å². The zero-order valence-electron chi connectivity index (χ0n) is 15.8. The first-order valence-electron chi connectivity index (χ1n) is 9.03. The van der Waals surface area contributed by atoms with Gasteiger partial charge in [0.05, 0.1) is 0 Å². The Morgan fingerprint density at radius 1 is 1.07 bits per heavy atom. The first kappa shape index (κ1) is 18.6. The van der Waals surface area contributed by atoms with Crippen molar-refractivity contribution in [2.24, 2.45) is 16.5 Å². The lowest BCUT2D eigenvalue weighted by Gasteiger charge is -2.29. The van der Waals surface area contributed by atoms with Crippen LogP contribution in [0, 0.1) is 12.7 Å². The van der Waals surface area contributed by atoms with E-state index in [4.69, 9.17) is 16.2 Å². The second-order valence-corrected chi connectivity index (χ2v) is 6.75. The topological polar surface area (TPSA) is 98.5 Å². The largest absolute Gasteiger partial charge is 0.454 e. The smallest absolute Gasteiger partial charge is 0.195 e. The van der Waals surface area contributed by atoms with Gasteiger partial charge in [-0.25, -0.2) is 9.38 Å². The molecule has 2 aromatic carbocycles. The molecule has 0 radical (unpaired) electrons.